The maximum absolute atomic E-state index is 12.3. The summed E-state index contributed by atoms with van der Waals surface area (Å²) in [4.78, 5) is 40.5. The van der Waals surface area contributed by atoms with Crippen molar-refractivity contribution in [1.82, 2.24) is 15.2 Å². The lowest BCUT2D eigenvalue weighted by Gasteiger charge is -2.23. The van der Waals surface area contributed by atoms with Crippen LogP contribution in [0.15, 0.2) is 18.3 Å². The van der Waals surface area contributed by atoms with Gasteiger partial charge in [0.25, 0.3) is 0 Å². The highest BCUT2D eigenvalue weighted by molar-refractivity contribution is 6.30. The summed E-state index contributed by atoms with van der Waals surface area (Å²) in [6, 6.07) is 2.60. The predicted octanol–water partition coefficient (Wildman–Crippen LogP) is 0.859. The van der Waals surface area contributed by atoms with E-state index in [2.05, 4.69) is 10.3 Å². The highest BCUT2D eigenvalue weighted by Crippen LogP contribution is 2.13. The van der Waals surface area contributed by atoms with Gasteiger partial charge < -0.3 is 15.3 Å². The average molecular weight is 340 g/mol. The molecule has 7 nitrogen and oxygen atoms in total. The third-order valence-electron chi connectivity index (χ3n) is 3.57. The zero-order chi connectivity index (χ0) is 16.8. The zero-order valence-corrected chi connectivity index (χ0v) is 13.3. The Bertz CT molecular complexity index is 591. The van der Waals surface area contributed by atoms with Crippen molar-refractivity contribution in [2.75, 3.05) is 13.1 Å². The van der Waals surface area contributed by atoms with E-state index in [1.807, 2.05) is 0 Å². The summed E-state index contributed by atoms with van der Waals surface area (Å²) in [5.74, 6) is -1.73. The molecule has 2 heterocycles. The second kappa shape index (κ2) is 7.92. The van der Waals surface area contributed by atoms with Crippen LogP contribution in [0.1, 0.15) is 25.0 Å². The molecule has 1 aromatic heterocycles. The number of carboxylic acids is 1. The highest BCUT2D eigenvalue weighted by Gasteiger charge is 2.29. The van der Waals surface area contributed by atoms with Crippen molar-refractivity contribution >= 4 is 29.4 Å². The van der Waals surface area contributed by atoms with E-state index in [0.717, 1.165) is 12.8 Å². The number of carbonyl (C=O) groups excluding carboxylic acids is 2. The first-order chi connectivity index (χ1) is 11.0. The van der Waals surface area contributed by atoms with Gasteiger partial charge in [0.05, 0.1) is 11.4 Å². The van der Waals surface area contributed by atoms with E-state index in [1.165, 1.54) is 11.1 Å². The molecule has 1 fully saturated rings. The van der Waals surface area contributed by atoms with Crippen molar-refractivity contribution in [2.45, 2.75) is 31.7 Å². The Morgan fingerprint density at radius 1 is 1.39 bits per heavy atom. The number of amides is 2. The summed E-state index contributed by atoms with van der Waals surface area (Å²) >= 11 is 5.74. The van der Waals surface area contributed by atoms with Gasteiger partial charge in [-0.15, -0.1) is 0 Å². The van der Waals surface area contributed by atoms with Crippen LogP contribution in [0, 0.1) is 0 Å². The molecule has 2 N–H and O–H groups in total. The number of nitrogens with one attached hydrogen (secondary N) is 1. The quantitative estimate of drug-likeness (QED) is 0.828. The fraction of sp³-hybridized carbons (Fsp3) is 0.467. The SMILES string of the molecule is O=C(O)CN1CCCCC(NC(=O)Cc2ccc(Cl)cn2)C1=O. The third kappa shape index (κ3) is 5.21. The normalized spacial score (nSPS) is 18.4. The standard InChI is InChI=1S/C15H18ClN3O4/c16-10-4-5-11(17-8-10)7-13(20)18-12-3-1-2-6-19(15(12)23)9-14(21)22/h4-5,8,12H,1-3,6-7,9H2,(H,18,20)(H,21,22). The molecular formula is C15H18ClN3O4. The molecule has 1 saturated heterocycles. The minimum absolute atomic E-state index is 0.0415. The van der Waals surface area contributed by atoms with E-state index >= 15 is 0 Å². The first-order valence-corrected chi connectivity index (χ1v) is 7.74. The first-order valence-electron chi connectivity index (χ1n) is 7.36. The van der Waals surface area contributed by atoms with E-state index in [-0.39, 0.29) is 24.8 Å². The maximum Gasteiger partial charge on any atom is 0.323 e. The third-order valence-corrected chi connectivity index (χ3v) is 3.80. The molecule has 1 atom stereocenters. The van der Waals surface area contributed by atoms with Crippen LogP contribution >= 0.6 is 11.6 Å². The summed E-state index contributed by atoms with van der Waals surface area (Å²) in [5, 5.41) is 12.0. The van der Waals surface area contributed by atoms with Crippen molar-refractivity contribution in [3.05, 3.63) is 29.0 Å². The van der Waals surface area contributed by atoms with Crippen LogP contribution in [0.5, 0.6) is 0 Å². The molecule has 2 amide bonds. The van der Waals surface area contributed by atoms with Crippen LogP contribution in [0.2, 0.25) is 5.02 Å². The molecule has 0 bridgehead atoms. The van der Waals surface area contributed by atoms with Gasteiger partial charge in [0.15, 0.2) is 0 Å². The molecule has 0 saturated carbocycles. The van der Waals surface area contributed by atoms with Gasteiger partial charge in [-0.1, -0.05) is 11.6 Å². The van der Waals surface area contributed by atoms with E-state index in [0.29, 0.717) is 23.7 Å². The zero-order valence-electron chi connectivity index (χ0n) is 12.5. The van der Waals surface area contributed by atoms with Crippen LogP contribution in [-0.4, -0.2) is 51.9 Å². The number of likely N-dealkylation sites (tertiary alicyclic amines) is 1. The number of hydrogen-bond donors (Lipinski definition) is 2. The minimum Gasteiger partial charge on any atom is -0.480 e. The van der Waals surface area contributed by atoms with E-state index < -0.39 is 12.0 Å². The first kappa shape index (κ1) is 17.2. The Hall–Kier alpha value is -2.15. The molecule has 23 heavy (non-hydrogen) atoms. The van der Waals surface area contributed by atoms with Crippen LogP contribution in [0.4, 0.5) is 0 Å². The second-order valence-corrected chi connectivity index (χ2v) is 5.85. The number of carbonyl (C=O) groups is 3. The largest absolute Gasteiger partial charge is 0.480 e. The Labute approximate surface area is 138 Å². The Balaban J connectivity index is 1.96. The maximum atomic E-state index is 12.3. The van der Waals surface area contributed by atoms with Crippen molar-refractivity contribution in [3.8, 4) is 0 Å². The summed E-state index contributed by atoms with van der Waals surface area (Å²) in [5.41, 5.74) is 0.551. The Morgan fingerprint density at radius 3 is 2.83 bits per heavy atom. The molecule has 1 aromatic rings. The van der Waals surface area contributed by atoms with Gasteiger partial charge in [-0.2, -0.15) is 0 Å². The number of nitrogens with zero attached hydrogens (tertiary/aromatic N) is 2. The molecule has 1 aliphatic heterocycles. The molecule has 0 spiro atoms. The Morgan fingerprint density at radius 2 is 2.17 bits per heavy atom. The average Bonchev–Trinajstić information content (AvgIpc) is 2.65. The number of carboxylic acid groups (broad SMARTS) is 1. The Kier molecular flexibility index (Phi) is 5.92. The van der Waals surface area contributed by atoms with Gasteiger partial charge in [-0.05, 0) is 31.4 Å². The van der Waals surface area contributed by atoms with Gasteiger partial charge in [0, 0.05) is 18.4 Å². The van der Waals surface area contributed by atoms with Crippen molar-refractivity contribution < 1.29 is 19.5 Å². The lowest BCUT2D eigenvalue weighted by atomic mass is 10.1. The molecular weight excluding hydrogens is 322 g/mol. The number of aromatic nitrogens is 1. The molecule has 0 aromatic carbocycles. The number of halogens is 1. The number of hydrogen-bond acceptors (Lipinski definition) is 4. The van der Waals surface area contributed by atoms with Gasteiger partial charge in [-0.25, -0.2) is 0 Å². The van der Waals surface area contributed by atoms with E-state index in [4.69, 9.17) is 16.7 Å². The van der Waals surface area contributed by atoms with Crippen molar-refractivity contribution in [1.29, 1.82) is 0 Å². The topological polar surface area (TPSA) is 99.6 Å². The summed E-state index contributed by atoms with van der Waals surface area (Å²) in [7, 11) is 0. The smallest absolute Gasteiger partial charge is 0.323 e. The van der Waals surface area contributed by atoms with Crippen LogP contribution in [0.25, 0.3) is 0 Å². The van der Waals surface area contributed by atoms with Crippen LogP contribution < -0.4 is 5.32 Å². The predicted molar refractivity (Wildman–Crippen MR) is 82.9 cm³/mol. The van der Waals surface area contributed by atoms with E-state index in [9.17, 15) is 14.4 Å². The van der Waals surface area contributed by atoms with E-state index in [1.54, 1.807) is 12.1 Å². The summed E-state index contributed by atoms with van der Waals surface area (Å²) in [6.45, 7) is 0.0557. The lowest BCUT2D eigenvalue weighted by Crippen LogP contribution is -2.49. The molecule has 1 aliphatic rings. The monoisotopic (exact) mass is 339 g/mol. The fourth-order valence-corrected chi connectivity index (χ4v) is 2.59. The highest BCUT2D eigenvalue weighted by atomic mass is 35.5. The molecule has 0 aliphatic carbocycles. The van der Waals surface area contributed by atoms with Gasteiger partial charge in [0.2, 0.25) is 11.8 Å². The van der Waals surface area contributed by atoms with Gasteiger partial charge in [0.1, 0.15) is 12.6 Å². The molecule has 0 radical (unpaired) electrons. The molecule has 124 valence electrons. The number of rotatable bonds is 5. The number of aliphatic carboxylic acids is 1. The molecule has 1 unspecified atom stereocenters. The lowest BCUT2D eigenvalue weighted by molar-refractivity contribution is -0.145. The number of pyridine rings is 1. The minimum atomic E-state index is -1.06. The second-order valence-electron chi connectivity index (χ2n) is 5.41. The van der Waals surface area contributed by atoms with Crippen molar-refractivity contribution in [3.63, 3.8) is 0 Å². The summed E-state index contributed by atoms with van der Waals surface area (Å²) in [6.07, 6.45) is 3.49. The molecule has 2 rings (SSSR count). The fourth-order valence-electron chi connectivity index (χ4n) is 2.48. The van der Waals surface area contributed by atoms with Crippen LogP contribution in [0.3, 0.4) is 0 Å². The van der Waals surface area contributed by atoms with Crippen molar-refractivity contribution in [2.24, 2.45) is 0 Å². The van der Waals surface area contributed by atoms with Gasteiger partial charge >= 0.3 is 5.97 Å². The van der Waals surface area contributed by atoms with Crippen LogP contribution in [-0.2, 0) is 20.8 Å². The summed E-state index contributed by atoms with van der Waals surface area (Å²) < 4.78 is 0. The molecule has 8 heteroatoms. The van der Waals surface area contributed by atoms with Gasteiger partial charge in [-0.3, -0.25) is 19.4 Å².